The monoisotopic (exact) mass is 365 g/mol. The van der Waals surface area contributed by atoms with E-state index in [0.717, 1.165) is 0 Å². The molecule has 0 bridgehead atoms. The third-order valence-corrected chi connectivity index (χ3v) is 2.48. The minimum Gasteiger partial charge on any atom is -0.443 e. The molecule has 0 aromatic rings. The smallest absolute Gasteiger partial charge is 0.407 e. The maximum atomic E-state index is 11.6. The summed E-state index contributed by atoms with van der Waals surface area (Å²) in [6.07, 6.45) is -0.00849. The van der Waals surface area contributed by atoms with Crippen molar-refractivity contribution in [2.45, 2.75) is 25.9 Å². The van der Waals surface area contributed by atoms with Crippen molar-refractivity contribution in [1.29, 1.82) is 0 Å². The largest absolute Gasteiger partial charge is 0.443 e. The van der Waals surface area contributed by atoms with Crippen molar-refractivity contribution in [1.82, 2.24) is 5.32 Å². The Balaban J connectivity index is 3.61. The van der Waals surface area contributed by atoms with Crippen molar-refractivity contribution in [2.75, 3.05) is 44.9 Å². The Morgan fingerprint density at radius 2 is 1.86 bits per heavy atom. The molecule has 2 N–H and O–H groups in total. The van der Waals surface area contributed by atoms with Gasteiger partial charge in [0.05, 0.1) is 38.4 Å². The molecule has 0 aliphatic carbocycles. The Labute approximate surface area is 134 Å². The number of carbonyl (C=O) groups is 1. The first-order chi connectivity index (χ1) is 10.0. The molecule has 0 saturated carbocycles. The highest BCUT2D eigenvalue weighted by Gasteiger charge is 2.21. The van der Waals surface area contributed by atoms with Gasteiger partial charge >= 0.3 is 6.09 Å². The van der Waals surface area contributed by atoms with E-state index < -0.39 is 11.7 Å². The average Bonchev–Trinajstić information content (AvgIpc) is 2.41. The number of carbonyl (C=O) groups excluding carboxylic acids is 1. The molecule has 7 heteroatoms. The summed E-state index contributed by atoms with van der Waals surface area (Å²) in [6.45, 7) is 5.51. The molecule has 0 atom stereocenters. The second-order valence-corrected chi connectivity index (χ2v) is 5.25. The summed E-state index contributed by atoms with van der Waals surface area (Å²) < 4.78 is 15.5. The summed E-state index contributed by atoms with van der Waals surface area (Å²) in [6, 6.07) is 0. The van der Waals surface area contributed by atoms with Crippen molar-refractivity contribution >= 4 is 22.0 Å². The van der Waals surface area contributed by atoms with Crippen LogP contribution in [-0.2, 0) is 14.2 Å². The molecule has 0 fully saturated rings. The molecule has 0 radical (unpaired) electrons. The Hall–Kier alpha value is -0.810. The van der Waals surface area contributed by atoms with Gasteiger partial charge in [0, 0.05) is 13.0 Å². The molecule has 0 rings (SSSR count). The Morgan fingerprint density at radius 1 is 1.19 bits per heavy atom. The van der Waals surface area contributed by atoms with E-state index in [-0.39, 0.29) is 6.61 Å². The standard InChI is InChI=1S/C14H24BrNO5/c1-14(2,5-3-4-6-15)21-13(18)16-7-9-19-11-12-20-10-8-17/h17H,5-12H2,1-2H3,(H,16,18). The van der Waals surface area contributed by atoms with E-state index in [0.29, 0.717) is 44.7 Å². The molecule has 122 valence electrons. The van der Waals surface area contributed by atoms with E-state index in [1.165, 1.54) is 0 Å². The van der Waals surface area contributed by atoms with Crippen LogP contribution in [0.3, 0.4) is 0 Å². The zero-order valence-corrected chi connectivity index (χ0v) is 14.2. The van der Waals surface area contributed by atoms with E-state index in [9.17, 15) is 4.79 Å². The summed E-state index contributed by atoms with van der Waals surface area (Å²) in [5.74, 6) is 5.79. The van der Waals surface area contributed by atoms with Crippen LogP contribution >= 0.6 is 15.9 Å². The minimum absolute atomic E-state index is 0.00317. The van der Waals surface area contributed by atoms with Crippen LogP contribution < -0.4 is 5.32 Å². The molecular formula is C14H24BrNO5. The summed E-state index contributed by atoms with van der Waals surface area (Å²) in [4.78, 5) is 11.6. The molecule has 0 aromatic carbocycles. The Morgan fingerprint density at radius 3 is 2.48 bits per heavy atom. The van der Waals surface area contributed by atoms with Crippen molar-refractivity contribution in [3.05, 3.63) is 0 Å². The molecule has 0 aliphatic rings. The Kier molecular flexibility index (Phi) is 12.4. The van der Waals surface area contributed by atoms with Crippen LogP contribution in [0.5, 0.6) is 0 Å². The summed E-state index contributed by atoms with van der Waals surface area (Å²) in [5.41, 5.74) is -0.627. The summed E-state index contributed by atoms with van der Waals surface area (Å²) in [5, 5.41) is 11.7. The van der Waals surface area contributed by atoms with Gasteiger partial charge in [-0.05, 0) is 13.8 Å². The van der Waals surface area contributed by atoms with Gasteiger partial charge in [0.1, 0.15) is 5.60 Å². The Bertz CT molecular complexity index is 338. The number of alkyl halides is 1. The lowest BCUT2D eigenvalue weighted by atomic mass is 10.1. The van der Waals surface area contributed by atoms with Crippen molar-refractivity contribution in [2.24, 2.45) is 0 Å². The molecule has 1 amide bonds. The number of hydrogen-bond acceptors (Lipinski definition) is 5. The first-order valence-corrected chi connectivity index (χ1v) is 7.89. The molecule has 0 spiro atoms. The molecule has 0 heterocycles. The van der Waals surface area contributed by atoms with Gasteiger partial charge < -0.3 is 24.6 Å². The highest BCUT2D eigenvalue weighted by molar-refractivity contribution is 9.09. The van der Waals surface area contributed by atoms with E-state index in [2.05, 4.69) is 33.1 Å². The summed E-state index contributed by atoms with van der Waals surface area (Å²) in [7, 11) is 0. The predicted molar refractivity (Wildman–Crippen MR) is 83.5 cm³/mol. The fourth-order valence-corrected chi connectivity index (χ4v) is 1.46. The molecule has 6 nitrogen and oxygen atoms in total. The third kappa shape index (κ3) is 13.9. The second-order valence-electron chi connectivity index (χ2n) is 4.69. The lowest BCUT2D eigenvalue weighted by molar-refractivity contribution is 0.0281. The van der Waals surface area contributed by atoms with Gasteiger partial charge in [-0.15, -0.1) is 0 Å². The first-order valence-electron chi connectivity index (χ1n) is 6.76. The molecule has 0 saturated heterocycles. The fourth-order valence-electron chi connectivity index (χ4n) is 1.26. The van der Waals surface area contributed by atoms with Gasteiger partial charge in [0.2, 0.25) is 0 Å². The van der Waals surface area contributed by atoms with Gasteiger partial charge in [-0.2, -0.15) is 0 Å². The third-order valence-electron chi connectivity index (χ3n) is 2.20. The zero-order chi connectivity index (χ0) is 16.0. The lowest BCUT2D eigenvalue weighted by Crippen LogP contribution is -2.36. The van der Waals surface area contributed by atoms with Gasteiger partial charge in [0.25, 0.3) is 0 Å². The van der Waals surface area contributed by atoms with Crippen LogP contribution in [0.15, 0.2) is 0 Å². The quantitative estimate of drug-likeness (QED) is 0.346. The number of amides is 1. The average molecular weight is 366 g/mol. The van der Waals surface area contributed by atoms with E-state index >= 15 is 0 Å². The van der Waals surface area contributed by atoms with Crippen LogP contribution in [0.1, 0.15) is 20.3 Å². The number of halogens is 1. The summed E-state index contributed by atoms with van der Waals surface area (Å²) >= 11 is 3.21. The molecule has 0 aromatic heterocycles. The number of aliphatic hydroxyl groups excluding tert-OH is 1. The van der Waals surface area contributed by atoms with E-state index in [4.69, 9.17) is 19.3 Å². The number of ether oxygens (including phenoxy) is 3. The highest BCUT2D eigenvalue weighted by Crippen LogP contribution is 2.13. The van der Waals surface area contributed by atoms with E-state index in [1.807, 2.05) is 13.8 Å². The first kappa shape index (κ1) is 20.2. The van der Waals surface area contributed by atoms with Gasteiger partial charge in [-0.1, -0.05) is 27.8 Å². The van der Waals surface area contributed by atoms with Crippen LogP contribution in [0.4, 0.5) is 4.79 Å². The number of rotatable bonds is 10. The molecule has 0 unspecified atom stereocenters. The number of alkyl carbamates (subject to hydrolysis) is 1. The van der Waals surface area contributed by atoms with Crippen LogP contribution in [0, 0.1) is 11.8 Å². The number of nitrogens with one attached hydrogen (secondary N) is 1. The van der Waals surface area contributed by atoms with Gasteiger partial charge in [-0.25, -0.2) is 4.79 Å². The maximum absolute atomic E-state index is 11.6. The number of aliphatic hydroxyl groups is 1. The van der Waals surface area contributed by atoms with Gasteiger partial charge in [0.15, 0.2) is 0 Å². The van der Waals surface area contributed by atoms with Crippen molar-refractivity contribution in [3.63, 3.8) is 0 Å². The molecule has 21 heavy (non-hydrogen) atoms. The zero-order valence-electron chi connectivity index (χ0n) is 12.6. The van der Waals surface area contributed by atoms with Crippen molar-refractivity contribution < 1.29 is 24.1 Å². The van der Waals surface area contributed by atoms with Crippen LogP contribution in [0.2, 0.25) is 0 Å². The lowest BCUT2D eigenvalue weighted by Gasteiger charge is -2.22. The molecular weight excluding hydrogens is 342 g/mol. The second kappa shape index (κ2) is 12.9. The SMILES string of the molecule is CC(C)(CC#CCBr)OC(=O)NCCOCCOCCO. The normalized spacial score (nSPS) is 10.7. The molecule has 0 aliphatic heterocycles. The van der Waals surface area contributed by atoms with E-state index in [1.54, 1.807) is 0 Å². The number of hydrogen-bond donors (Lipinski definition) is 2. The topological polar surface area (TPSA) is 77.0 Å². The van der Waals surface area contributed by atoms with Crippen molar-refractivity contribution in [3.8, 4) is 11.8 Å². The minimum atomic E-state index is -0.627. The van der Waals surface area contributed by atoms with Crippen LogP contribution in [-0.4, -0.2) is 61.7 Å². The van der Waals surface area contributed by atoms with Gasteiger partial charge in [-0.3, -0.25) is 0 Å². The fraction of sp³-hybridized carbons (Fsp3) is 0.786. The maximum Gasteiger partial charge on any atom is 0.407 e. The van der Waals surface area contributed by atoms with Crippen LogP contribution in [0.25, 0.3) is 0 Å². The predicted octanol–water partition coefficient (Wildman–Crippen LogP) is 1.31. The highest BCUT2D eigenvalue weighted by atomic mass is 79.9.